The molecule has 5 N–H and O–H groups in total. The fourth-order valence-corrected chi connectivity index (χ4v) is 6.19. The normalized spacial score (nSPS) is 12.6. The van der Waals surface area contributed by atoms with E-state index in [1.807, 2.05) is 97.1 Å². The zero-order valence-corrected chi connectivity index (χ0v) is 23.6. The van der Waals surface area contributed by atoms with Crippen LogP contribution in [0.1, 0.15) is 32.6 Å². The average molecular weight is 577 g/mol. The summed E-state index contributed by atoms with van der Waals surface area (Å²) < 4.78 is 12.6. The molecule has 0 fully saturated rings. The van der Waals surface area contributed by atoms with Crippen LogP contribution in [0.2, 0.25) is 0 Å². The van der Waals surface area contributed by atoms with Crippen LogP contribution in [0.15, 0.2) is 140 Å². The van der Waals surface area contributed by atoms with E-state index in [-0.39, 0.29) is 5.56 Å². The number of nitrogen functional groups attached to an aromatic ring is 2. The van der Waals surface area contributed by atoms with Gasteiger partial charge < -0.3 is 26.0 Å². The average Bonchev–Trinajstić information content (AvgIpc) is 3.34. The van der Waals surface area contributed by atoms with Crippen LogP contribution in [-0.2, 0) is 5.41 Å². The summed E-state index contributed by atoms with van der Waals surface area (Å²) in [4.78, 5) is 12.1. The number of carbonyl (C=O) groups is 1. The highest BCUT2D eigenvalue weighted by molar-refractivity contribution is 5.93. The van der Waals surface area contributed by atoms with Crippen LogP contribution < -0.4 is 20.9 Å². The van der Waals surface area contributed by atoms with Crippen molar-refractivity contribution in [3.8, 4) is 34.1 Å². The highest BCUT2D eigenvalue weighted by Crippen LogP contribution is 2.57. The van der Waals surface area contributed by atoms with Gasteiger partial charge in [-0.05, 0) is 94.0 Å². The Morgan fingerprint density at radius 1 is 0.545 bits per heavy atom. The summed E-state index contributed by atoms with van der Waals surface area (Å²) in [6, 6.07) is 44.1. The number of nitrogens with two attached hydrogens (primary N) is 2. The number of fused-ring (bicyclic) bond motifs is 3. The number of para-hydroxylation sites is 4. The predicted octanol–water partition coefficient (Wildman–Crippen LogP) is 8.50. The smallest absolute Gasteiger partial charge is 0.335 e. The first-order chi connectivity index (χ1) is 21.4. The predicted molar refractivity (Wildman–Crippen MR) is 173 cm³/mol. The van der Waals surface area contributed by atoms with Gasteiger partial charge in [-0.3, -0.25) is 0 Å². The lowest BCUT2D eigenvalue weighted by atomic mass is 9.67. The molecule has 0 saturated carbocycles. The molecule has 0 aromatic heterocycles. The molecule has 7 rings (SSSR count). The Hall–Kier alpha value is -6.01. The molecule has 6 nitrogen and oxygen atoms in total. The van der Waals surface area contributed by atoms with Gasteiger partial charge in [0.2, 0.25) is 0 Å². The zero-order valence-electron chi connectivity index (χ0n) is 23.6. The molecule has 0 amide bonds. The van der Waals surface area contributed by atoms with Gasteiger partial charge in [-0.25, -0.2) is 4.79 Å². The number of ether oxygens (including phenoxy) is 2. The van der Waals surface area contributed by atoms with Crippen molar-refractivity contribution in [1.29, 1.82) is 0 Å². The van der Waals surface area contributed by atoms with Gasteiger partial charge in [0.15, 0.2) is 0 Å². The van der Waals surface area contributed by atoms with E-state index in [0.717, 1.165) is 33.4 Å². The molecule has 0 aliphatic heterocycles. The van der Waals surface area contributed by atoms with Crippen molar-refractivity contribution in [3.63, 3.8) is 0 Å². The van der Waals surface area contributed by atoms with E-state index < -0.39 is 11.4 Å². The maximum atomic E-state index is 12.1. The number of hydrogen-bond acceptors (Lipinski definition) is 5. The molecule has 0 radical (unpaired) electrons. The molecule has 0 unspecified atom stereocenters. The summed E-state index contributed by atoms with van der Waals surface area (Å²) in [6.45, 7) is 0. The Morgan fingerprint density at radius 2 is 1.07 bits per heavy atom. The second-order valence-corrected chi connectivity index (χ2v) is 10.7. The van der Waals surface area contributed by atoms with Gasteiger partial charge >= 0.3 is 5.97 Å². The van der Waals surface area contributed by atoms with Crippen molar-refractivity contribution in [1.82, 2.24) is 0 Å². The monoisotopic (exact) mass is 576 g/mol. The summed E-state index contributed by atoms with van der Waals surface area (Å²) >= 11 is 0. The fourth-order valence-electron chi connectivity index (χ4n) is 6.19. The summed E-state index contributed by atoms with van der Waals surface area (Å²) in [6.07, 6.45) is 0. The van der Waals surface area contributed by atoms with Gasteiger partial charge in [-0.2, -0.15) is 0 Å². The maximum absolute atomic E-state index is 12.1. The molecule has 0 spiro atoms. The molecular formula is C38H28N2O4. The molecule has 6 aromatic carbocycles. The highest BCUT2D eigenvalue weighted by Gasteiger charge is 2.46. The van der Waals surface area contributed by atoms with Gasteiger partial charge in [0.05, 0.1) is 22.4 Å². The van der Waals surface area contributed by atoms with E-state index >= 15 is 0 Å². The van der Waals surface area contributed by atoms with Gasteiger partial charge in [0.1, 0.15) is 23.0 Å². The molecule has 0 atom stereocenters. The standard InChI is InChI=1S/C38H28N2O4/c39-33-15-3-5-17-35(33)43-27-11-7-9-25(22-27)38(26-10-8-12-28(23-26)44-36-18-6-4-16-34(36)40)31-14-2-1-13-29(31)30-21-24(37(41)42)19-20-32(30)38/h1-23H,39-40H2,(H,41,42). The second kappa shape index (κ2) is 10.7. The Bertz CT molecular complexity index is 1960. The molecule has 0 heterocycles. The summed E-state index contributed by atoms with van der Waals surface area (Å²) in [5.74, 6) is 1.39. The Kier molecular flexibility index (Phi) is 6.52. The van der Waals surface area contributed by atoms with Crippen LogP contribution >= 0.6 is 0 Å². The quantitative estimate of drug-likeness (QED) is 0.164. The molecule has 1 aliphatic carbocycles. The van der Waals surface area contributed by atoms with E-state index in [1.165, 1.54) is 0 Å². The van der Waals surface area contributed by atoms with E-state index in [9.17, 15) is 9.90 Å². The third-order valence-corrected chi connectivity index (χ3v) is 8.12. The van der Waals surface area contributed by atoms with Crippen molar-refractivity contribution in [2.75, 3.05) is 11.5 Å². The van der Waals surface area contributed by atoms with Crippen LogP contribution in [0.3, 0.4) is 0 Å². The number of hydrogen-bond donors (Lipinski definition) is 3. The number of carboxylic acid groups (broad SMARTS) is 1. The first-order valence-electron chi connectivity index (χ1n) is 14.2. The maximum Gasteiger partial charge on any atom is 0.335 e. The lowest BCUT2D eigenvalue weighted by Gasteiger charge is -2.34. The van der Waals surface area contributed by atoms with E-state index in [4.69, 9.17) is 20.9 Å². The van der Waals surface area contributed by atoms with Crippen LogP contribution in [0, 0.1) is 0 Å². The number of anilines is 2. The van der Waals surface area contributed by atoms with Gasteiger partial charge in [-0.1, -0.05) is 78.9 Å². The van der Waals surface area contributed by atoms with E-state index in [0.29, 0.717) is 34.4 Å². The minimum atomic E-state index is -0.977. The molecule has 6 aromatic rings. The van der Waals surface area contributed by atoms with Gasteiger partial charge in [-0.15, -0.1) is 0 Å². The SMILES string of the molecule is Nc1ccccc1Oc1cccc(C2(c3cccc(Oc4ccccc4N)c3)c3ccccc3-c3cc(C(=O)O)ccc32)c1. The summed E-state index contributed by atoms with van der Waals surface area (Å²) in [5.41, 5.74) is 18.6. The lowest BCUT2D eigenvalue weighted by molar-refractivity contribution is 0.0697. The van der Waals surface area contributed by atoms with E-state index in [1.54, 1.807) is 24.3 Å². The summed E-state index contributed by atoms with van der Waals surface area (Å²) in [5, 5.41) is 9.87. The molecule has 1 aliphatic rings. The minimum absolute atomic E-state index is 0.225. The van der Waals surface area contributed by atoms with Crippen LogP contribution in [0.4, 0.5) is 11.4 Å². The number of benzene rings is 6. The fraction of sp³-hybridized carbons (Fsp3) is 0.0263. The molecule has 214 valence electrons. The Balaban J connectivity index is 1.47. The molecule has 0 saturated heterocycles. The number of carboxylic acids is 1. The lowest BCUT2D eigenvalue weighted by Crippen LogP contribution is -2.28. The van der Waals surface area contributed by atoms with Crippen LogP contribution in [-0.4, -0.2) is 11.1 Å². The second-order valence-electron chi connectivity index (χ2n) is 10.7. The van der Waals surface area contributed by atoms with Crippen molar-refractivity contribution < 1.29 is 19.4 Å². The van der Waals surface area contributed by atoms with Crippen molar-refractivity contribution in [2.24, 2.45) is 0 Å². The van der Waals surface area contributed by atoms with Gasteiger partial charge in [0, 0.05) is 0 Å². The molecular weight excluding hydrogens is 548 g/mol. The van der Waals surface area contributed by atoms with Crippen LogP contribution in [0.5, 0.6) is 23.0 Å². The number of aromatic carboxylic acids is 1. The first-order valence-corrected chi connectivity index (χ1v) is 14.2. The zero-order chi connectivity index (χ0) is 30.3. The van der Waals surface area contributed by atoms with Crippen LogP contribution in [0.25, 0.3) is 11.1 Å². The molecule has 0 bridgehead atoms. The van der Waals surface area contributed by atoms with Crippen molar-refractivity contribution in [3.05, 3.63) is 167 Å². The summed E-state index contributed by atoms with van der Waals surface area (Å²) in [7, 11) is 0. The first kappa shape index (κ1) is 26.9. The Morgan fingerprint density at radius 3 is 1.64 bits per heavy atom. The number of rotatable bonds is 7. The Labute approximate surface area is 254 Å². The van der Waals surface area contributed by atoms with Crippen molar-refractivity contribution >= 4 is 17.3 Å². The molecule has 6 heteroatoms. The van der Waals surface area contributed by atoms with Crippen molar-refractivity contribution in [2.45, 2.75) is 5.41 Å². The topological polar surface area (TPSA) is 108 Å². The largest absolute Gasteiger partial charge is 0.478 e. The minimum Gasteiger partial charge on any atom is -0.478 e. The van der Waals surface area contributed by atoms with E-state index in [2.05, 4.69) is 18.2 Å². The molecule has 44 heavy (non-hydrogen) atoms. The van der Waals surface area contributed by atoms with Gasteiger partial charge in [0.25, 0.3) is 0 Å². The third kappa shape index (κ3) is 4.41. The third-order valence-electron chi connectivity index (χ3n) is 8.12. The highest BCUT2D eigenvalue weighted by atomic mass is 16.5.